The zero-order valence-corrected chi connectivity index (χ0v) is 14.1. The molecule has 0 bridgehead atoms. The van der Waals surface area contributed by atoms with Gasteiger partial charge in [-0.25, -0.2) is 0 Å². The van der Waals surface area contributed by atoms with E-state index in [9.17, 15) is 0 Å². The predicted octanol–water partition coefficient (Wildman–Crippen LogP) is 3.00. The average Bonchev–Trinajstić information content (AvgIpc) is 3.06. The second-order valence-corrected chi connectivity index (χ2v) is 7.11. The molecule has 0 atom stereocenters. The summed E-state index contributed by atoms with van der Waals surface area (Å²) < 4.78 is 2.14. The standard InChI is InChI=1S/C17H19N5S/c1-12-8-13(2)22(20-12)15-10-21(11-15)17-19-18-16(23-17)9-14-6-4-3-5-7-14/h3-8,15H,9-11H2,1-2H3. The lowest BCUT2D eigenvalue weighted by molar-refractivity contribution is 0.360. The van der Waals surface area contributed by atoms with E-state index in [1.807, 2.05) is 13.0 Å². The number of benzene rings is 1. The van der Waals surface area contributed by atoms with Crippen LogP contribution in [0.5, 0.6) is 0 Å². The van der Waals surface area contributed by atoms with Gasteiger partial charge in [0, 0.05) is 25.2 Å². The molecule has 1 fully saturated rings. The van der Waals surface area contributed by atoms with Crippen molar-refractivity contribution in [3.63, 3.8) is 0 Å². The van der Waals surface area contributed by atoms with Gasteiger partial charge in [-0.05, 0) is 25.5 Å². The Morgan fingerprint density at radius 1 is 1.13 bits per heavy atom. The van der Waals surface area contributed by atoms with Crippen LogP contribution >= 0.6 is 11.3 Å². The van der Waals surface area contributed by atoms with Crippen LogP contribution < -0.4 is 4.90 Å². The van der Waals surface area contributed by atoms with Gasteiger partial charge in [0.15, 0.2) is 0 Å². The molecule has 2 aromatic heterocycles. The van der Waals surface area contributed by atoms with Crippen molar-refractivity contribution in [3.8, 4) is 0 Å². The highest BCUT2D eigenvalue weighted by Crippen LogP contribution is 2.31. The van der Waals surface area contributed by atoms with Crippen molar-refractivity contribution >= 4 is 16.5 Å². The van der Waals surface area contributed by atoms with E-state index >= 15 is 0 Å². The number of nitrogens with zero attached hydrogens (tertiary/aromatic N) is 5. The molecule has 0 saturated carbocycles. The van der Waals surface area contributed by atoms with E-state index in [0.717, 1.165) is 35.3 Å². The summed E-state index contributed by atoms with van der Waals surface area (Å²) >= 11 is 1.69. The Kier molecular flexibility index (Phi) is 3.61. The minimum Gasteiger partial charge on any atom is -0.342 e. The zero-order chi connectivity index (χ0) is 15.8. The highest BCUT2D eigenvalue weighted by Gasteiger charge is 2.32. The fourth-order valence-electron chi connectivity index (χ4n) is 3.00. The maximum Gasteiger partial charge on any atom is 0.208 e. The van der Waals surface area contributed by atoms with Crippen molar-refractivity contribution in [1.29, 1.82) is 0 Å². The molecular formula is C17H19N5S. The summed E-state index contributed by atoms with van der Waals surface area (Å²) in [6, 6.07) is 13.0. The fourth-order valence-corrected chi connectivity index (χ4v) is 3.89. The van der Waals surface area contributed by atoms with Gasteiger partial charge in [0.25, 0.3) is 0 Å². The molecule has 4 rings (SSSR count). The van der Waals surface area contributed by atoms with Crippen LogP contribution in [0.4, 0.5) is 5.13 Å². The van der Waals surface area contributed by atoms with Gasteiger partial charge in [0.2, 0.25) is 5.13 Å². The van der Waals surface area contributed by atoms with Crippen LogP contribution in [0.15, 0.2) is 36.4 Å². The normalized spacial score (nSPS) is 15.0. The molecule has 0 radical (unpaired) electrons. The first-order chi connectivity index (χ1) is 11.2. The molecule has 1 aromatic carbocycles. The van der Waals surface area contributed by atoms with Crippen LogP contribution in [0.3, 0.4) is 0 Å². The van der Waals surface area contributed by atoms with Gasteiger partial charge in [-0.3, -0.25) is 4.68 Å². The molecule has 0 aliphatic carbocycles. The lowest BCUT2D eigenvalue weighted by Gasteiger charge is -2.39. The number of aromatic nitrogens is 4. The van der Waals surface area contributed by atoms with Gasteiger partial charge < -0.3 is 4.90 Å². The Labute approximate surface area is 139 Å². The molecule has 3 heterocycles. The van der Waals surface area contributed by atoms with Crippen LogP contribution in [0.25, 0.3) is 0 Å². The summed E-state index contributed by atoms with van der Waals surface area (Å²) in [5.74, 6) is 0. The second kappa shape index (κ2) is 5.77. The molecule has 118 valence electrons. The smallest absolute Gasteiger partial charge is 0.208 e. The summed E-state index contributed by atoms with van der Waals surface area (Å²) in [5.41, 5.74) is 3.59. The first kappa shape index (κ1) is 14.4. The molecule has 0 N–H and O–H groups in total. The third-order valence-electron chi connectivity index (χ3n) is 4.18. The molecule has 0 spiro atoms. The van der Waals surface area contributed by atoms with Crippen LogP contribution in [-0.4, -0.2) is 33.1 Å². The van der Waals surface area contributed by atoms with Crippen molar-refractivity contribution in [2.45, 2.75) is 26.3 Å². The van der Waals surface area contributed by atoms with Crippen molar-refractivity contribution < 1.29 is 0 Å². The maximum atomic E-state index is 4.58. The van der Waals surface area contributed by atoms with Crippen LogP contribution in [0.2, 0.25) is 0 Å². The maximum absolute atomic E-state index is 4.58. The van der Waals surface area contributed by atoms with Crippen molar-refractivity contribution in [2.75, 3.05) is 18.0 Å². The lowest BCUT2D eigenvalue weighted by atomic mass is 10.1. The highest BCUT2D eigenvalue weighted by atomic mass is 32.1. The summed E-state index contributed by atoms with van der Waals surface area (Å²) in [6.45, 7) is 6.08. The highest BCUT2D eigenvalue weighted by molar-refractivity contribution is 7.15. The molecular weight excluding hydrogens is 306 g/mol. The van der Waals surface area contributed by atoms with Crippen LogP contribution in [-0.2, 0) is 6.42 Å². The molecule has 0 unspecified atom stereocenters. The SMILES string of the molecule is Cc1cc(C)n(C2CN(c3nnc(Cc4ccccc4)s3)C2)n1. The zero-order valence-electron chi connectivity index (χ0n) is 13.3. The lowest BCUT2D eigenvalue weighted by Crippen LogP contribution is -2.48. The largest absolute Gasteiger partial charge is 0.342 e. The van der Waals surface area contributed by atoms with Gasteiger partial charge >= 0.3 is 0 Å². The summed E-state index contributed by atoms with van der Waals surface area (Å²) in [5, 5.41) is 15.4. The molecule has 1 aliphatic rings. The van der Waals surface area contributed by atoms with Crippen LogP contribution in [0.1, 0.15) is 28.0 Å². The van der Waals surface area contributed by atoms with E-state index in [-0.39, 0.29) is 0 Å². The van der Waals surface area contributed by atoms with E-state index in [1.165, 1.54) is 11.3 Å². The molecule has 5 nitrogen and oxygen atoms in total. The van der Waals surface area contributed by atoms with Crippen molar-refractivity contribution in [3.05, 3.63) is 58.4 Å². The van der Waals surface area contributed by atoms with Gasteiger partial charge in [-0.1, -0.05) is 41.7 Å². The van der Waals surface area contributed by atoms with Crippen molar-refractivity contribution in [2.24, 2.45) is 0 Å². The average molecular weight is 325 g/mol. The molecule has 23 heavy (non-hydrogen) atoms. The van der Waals surface area contributed by atoms with Crippen LogP contribution in [0, 0.1) is 13.8 Å². The molecule has 0 amide bonds. The number of hydrogen-bond acceptors (Lipinski definition) is 5. The van der Waals surface area contributed by atoms with Crippen molar-refractivity contribution in [1.82, 2.24) is 20.0 Å². The van der Waals surface area contributed by atoms with Gasteiger partial charge in [0.1, 0.15) is 5.01 Å². The first-order valence-corrected chi connectivity index (χ1v) is 8.65. The summed E-state index contributed by atoms with van der Waals surface area (Å²) in [4.78, 5) is 2.28. The minimum atomic E-state index is 0.449. The number of rotatable bonds is 4. The van der Waals surface area contributed by atoms with E-state index in [0.29, 0.717) is 6.04 Å². The second-order valence-electron chi connectivity index (χ2n) is 6.07. The molecule has 1 saturated heterocycles. The molecule has 3 aromatic rings. The summed E-state index contributed by atoms with van der Waals surface area (Å²) in [6.07, 6.45) is 0.854. The number of anilines is 1. The molecule has 1 aliphatic heterocycles. The minimum absolute atomic E-state index is 0.449. The molecule has 6 heteroatoms. The topological polar surface area (TPSA) is 46.8 Å². The monoisotopic (exact) mass is 325 g/mol. The third kappa shape index (κ3) is 2.86. The fraction of sp³-hybridized carbons (Fsp3) is 0.353. The summed E-state index contributed by atoms with van der Waals surface area (Å²) in [7, 11) is 0. The van der Waals surface area contributed by atoms with E-state index < -0.39 is 0 Å². The predicted molar refractivity (Wildman–Crippen MR) is 92.1 cm³/mol. The Morgan fingerprint density at radius 3 is 2.61 bits per heavy atom. The third-order valence-corrected chi connectivity index (χ3v) is 5.16. The Balaban J connectivity index is 1.40. The van der Waals surface area contributed by atoms with Gasteiger partial charge in [-0.2, -0.15) is 5.10 Å². The van der Waals surface area contributed by atoms with E-state index in [1.54, 1.807) is 11.3 Å². The Morgan fingerprint density at radius 2 is 1.91 bits per heavy atom. The van der Waals surface area contributed by atoms with Gasteiger partial charge in [0.05, 0.1) is 11.7 Å². The Hall–Kier alpha value is -2.21. The van der Waals surface area contributed by atoms with E-state index in [4.69, 9.17) is 0 Å². The number of aryl methyl sites for hydroxylation is 2. The van der Waals surface area contributed by atoms with E-state index in [2.05, 4.69) is 62.1 Å². The van der Waals surface area contributed by atoms with Gasteiger partial charge in [-0.15, -0.1) is 10.2 Å². The first-order valence-electron chi connectivity index (χ1n) is 7.83. The quantitative estimate of drug-likeness (QED) is 0.740. The Bertz CT molecular complexity index is 802. The number of hydrogen-bond donors (Lipinski definition) is 0.